The van der Waals surface area contributed by atoms with Gasteiger partial charge < -0.3 is 10.8 Å². The highest BCUT2D eigenvalue weighted by Gasteiger charge is 2.35. The SMILES string of the molecule is CCC1CCC(N)C(CN2CCC(C)C2CO)C1. The van der Waals surface area contributed by atoms with E-state index >= 15 is 0 Å². The summed E-state index contributed by atoms with van der Waals surface area (Å²) in [5.74, 6) is 2.15. The normalized spacial score (nSPS) is 42.3. The number of aliphatic hydroxyl groups is 1. The summed E-state index contributed by atoms with van der Waals surface area (Å²) >= 11 is 0. The van der Waals surface area contributed by atoms with Gasteiger partial charge in [0.25, 0.3) is 0 Å². The van der Waals surface area contributed by atoms with E-state index in [0.29, 0.717) is 30.5 Å². The fourth-order valence-corrected chi connectivity index (χ4v) is 3.88. The van der Waals surface area contributed by atoms with Crippen molar-refractivity contribution in [3.63, 3.8) is 0 Å². The summed E-state index contributed by atoms with van der Waals surface area (Å²) in [4.78, 5) is 2.49. The molecule has 0 aromatic rings. The molecule has 1 saturated carbocycles. The molecular formula is C15H30N2O. The highest BCUT2D eigenvalue weighted by molar-refractivity contribution is 4.90. The monoisotopic (exact) mass is 254 g/mol. The van der Waals surface area contributed by atoms with Gasteiger partial charge in [-0.1, -0.05) is 20.3 Å². The van der Waals surface area contributed by atoms with Crippen molar-refractivity contribution < 1.29 is 5.11 Å². The van der Waals surface area contributed by atoms with Crippen LogP contribution in [0, 0.1) is 17.8 Å². The topological polar surface area (TPSA) is 49.5 Å². The number of aliphatic hydroxyl groups excluding tert-OH is 1. The summed E-state index contributed by atoms with van der Waals surface area (Å²) < 4.78 is 0. The highest BCUT2D eigenvalue weighted by Crippen LogP contribution is 2.33. The molecule has 3 nitrogen and oxygen atoms in total. The molecule has 1 aliphatic heterocycles. The van der Waals surface area contributed by atoms with Crippen LogP contribution in [0.5, 0.6) is 0 Å². The molecule has 2 fully saturated rings. The molecule has 106 valence electrons. The molecular weight excluding hydrogens is 224 g/mol. The van der Waals surface area contributed by atoms with Crippen LogP contribution in [0.1, 0.15) is 46.0 Å². The Bertz CT molecular complexity index is 259. The first kappa shape index (κ1) is 14.3. The minimum absolute atomic E-state index is 0.306. The van der Waals surface area contributed by atoms with Crippen molar-refractivity contribution in [2.24, 2.45) is 23.5 Å². The van der Waals surface area contributed by atoms with Gasteiger partial charge in [-0.3, -0.25) is 4.90 Å². The summed E-state index contributed by atoms with van der Waals surface area (Å²) in [5.41, 5.74) is 6.31. The molecule has 0 spiro atoms. The largest absolute Gasteiger partial charge is 0.395 e. The molecule has 5 unspecified atom stereocenters. The first-order chi connectivity index (χ1) is 8.65. The lowest BCUT2D eigenvalue weighted by molar-refractivity contribution is 0.1000. The molecule has 2 rings (SSSR count). The molecule has 0 bridgehead atoms. The molecule has 0 amide bonds. The van der Waals surface area contributed by atoms with Crippen molar-refractivity contribution >= 4 is 0 Å². The molecule has 0 aromatic heterocycles. The van der Waals surface area contributed by atoms with Crippen LogP contribution in [0.4, 0.5) is 0 Å². The maximum atomic E-state index is 9.53. The smallest absolute Gasteiger partial charge is 0.0589 e. The van der Waals surface area contributed by atoms with Crippen molar-refractivity contribution in [3.05, 3.63) is 0 Å². The van der Waals surface area contributed by atoms with E-state index in [9.17, 15) is 5.11 Å². The van der Waals surface area contributed by atoms with Gasteiger partial charge in [0.1, 0.15) is 0 Å². The maximum absolute atomic E-state index is 9.53. The predicted octanol–water partition coefficient (Wildman–Crippen LogP) is 1.84. The average molecular weight is 254 g/mol. The van der Waals surface area contributed by atoms with Crippen LogP contribution in [0.2, 0.25) is 0 Å². The Hall–Kier alpha value is -0.120. The van der Waals surface area contributed by atoms with E-state index < -0.39 is 0 Å². The van der Waals surface area contributed by atoms with E-state index in [1.54, 1.807) is 0 Å². The van der Waals surface area contributed by atoms with Gasteiger partial charge >= 0.3 is 0 Å². The Morgan fingerprint density at radius 1 is 1.28 bits per heavy atom. The molecule has 0 aromatic carbocycles. The molecule has 0 radical (unpaired) electrons. The lowest BCUT2D eigenvalue weighted by atomic mass is 9.77. The second-order valence-electron chi connectivity index (χ2n) is 6.52. The predicted molar refractivity (Wildman–Crippen MR) is 75.3 cm³/mol. The first-order valence-corrected chi connectivity index (χ1v) is 7.76. The third-order valence-electron chi connectivity index (χ3n) is 5.38. The van der Waals surface area contributed by atoms with Gasteiger partial charge in [0, 0.05) is 18.6 Å². The summed E-state index contributed by atoms with van der Waals surface area (Å²) in [6, 6.07) is 0.752. The van der Waals surface area contributed by atoms with Crippen molar-refractivity contribution in [1.82, 2.24) is 4.90 Å². The van der Waals surface area contributed by atoms with Crippen molar-refractivity contribution in [2.75, 3.05) is 19.7 Å². The highest BCUT2D eigenvalue weighted by atomic mass is 16.3. The van der Waals surface area contributed by atoms with E-state index in [0.717, 1.165) is 19.0 Å². The lowest BCUT2D eigenvalue weighted by Crippen LogP contribution is -2.46. The molecule has 1 saturated heterocycles. The van der Waals surface area contributed by atoms with E-state index in [4.69, 9.17) is 5.73 Å². The van der Waals surface area contributed by atoms with E-state index in [2.05, 4.69) is 18.7 Å². The summed E-state index contributed by atoms with van der Waals surface area (Å²) in [6.45, 7) is 7.11. The molecule has 18 heavy (non-hydrogen) atoms. The fraction of sp³-hybridized carbons (Fsp3) is 1.00. The quantitative estimate of drug-likeness (QED) is 0.805. The number of rotatable bonds is 4. The van der Waals surface area contributed by atoms with Crippen LogP contribution >= 0.6 is 0 Å². The summed E-state index contributed by atoms with van der Waals surface area (Å²) in [7, 11) is 0. The van der Waals surface area contributed by atoms with Crippen molar-refractivity contribution in [1.29, 1.82) is 0 Å². The Kier molecular flexibility index (Phi) is 5.05. The number of likely N-dealkylation sites (tertiary alicyclic amines) is 1. The second kappa shape index (κ2) is 6.36. The Balaban J connectivity index is 1.91. The van der Waals surface area contributed by atoms with E-state index in [1.807, 2.05) is 0 Å². The van der Waals surface area contributed by atoms with Crippen molar-refractivity contribution in [3.8, 4) is 0 Å². The molecule has 3 N–H and O–H groups in total. The summed E-state index contributed by atoms with van der Waals surface area (Å²) in [5, 5.41) is 9.53. The van der Waals surface area contributed by atoms with Crippen molar-refractivity contribution in [2.45, 2.75) is 58.0 Å². The zero-order valence-electron chi connectivity index (χ0n) is 12.0. The first-order valence-electron chi connectivity index (χ1n) is 7.76. The van der Waals surface area contributed by atoms with Crippen LogP contribution in [0.25, 0.3) is 0 Å². The maximum Gasteiger partial charge on any atom is 0.0589 e. The van der Waals surface area contributed by atoms with Gasteiger partial charge in [0.05, 0.1) is 6.61 Å². The van der Waals surface area contributed by atoms with Gasteiger partial charge in [-0.2, -0.15) is 0 Å². The lowest BCUT2D eigenvalue weighted by Gasteiger charge is -2.37. The van der Waals surface area contributed by atoms with Crippen LogP contribution in [0.15, 0.2) is 0 Å². The molecule has 2 aliphatic rings. The molecule has 1 aliphatic carbocycles. The fourth-order valence-electron chi connectivity index (χ4n) is 3.88. The zero-order valence-corrected chi connectivity index (χ0v) is 12.0. The van der Waals surface area contributed by atoms with Crippen LogP contribution in [-0.4, -0.2) is 41.8 Å². The van der Waals surface area contributed by atoms with Crippen LogP contribution in [0.3, 0.4) is 0 Å². The third-order valence-corrected chi connectivity index (χ3v) is 5.38. The van der Waals surface area contributed by atoms with Crippen LogP contribution in [-0.2, 0) is 0 Å². The molecule has 3 heteroatoms. The number of hydrogen-bond acceptors (Lipinski definition) is 3. The average Bonchev–Trinajstić information content (AvgIpc) is 2.72. The minimum atomic E-state index is 0.306. The van der Waals surface area contributed by atoms with Gasteiger partial charge in [-0.05, 0) is 50.0 Å². The Morgan fingerprint density at radius 3 is 2.72 bits per heavy atom. The van der Waals surface area contributed by atoms with E-state index in [1.165, 1.54) is 32.1 Å². The standard InChI is InChI=1S/C15H30N2O/c1-3-12-4-5-14(16)13(8-12)9-17-7-6-11(2)15(17)10-18/h11-15,18H,3-10,16H2,1-2H3. The Morgan fingerprint density at radius 2 is 2.06 bits per heavy atom. The van der Waals surface area contributed by atoms with E-state index in [-0.39, 0.29) is 0 Å². The number of nitrogens with two attached hydrogens (primary N) is 1. The van der Waals surface area contributed by atoms with Gasteiger partial charge in [-0.15, -0.1) is 0 Å². The number of nitrogens with zero attached hydrogens (tertiary/aromatic N) is 1. The molecule has 5 atom stereocenters. The minimum Gasteiger partial charge on any atom is -0.395 e. The Labute approximate surface area is 112 Å². The second-order valence-corrected chi connectivity index (χ2v) is 6.52. The van der Waals surface area contributed by atoms with Crippen LogP contribution < -0.4 is 5.73 Å². The molecule has 1 heterocycles. The summed E-state index contributed by atoms with van der Waals surface area (Å²) in [6.07, 6.45) is 6.32. The zero-order chi connectivity index (χ0) is 13.1. The van der Waals surface area contributed by atoms with Gasteiger partial charge in [-0.25, -0.2) is 0 Å². The third kappa shape index (κ3) is 3.06. The number of hydrogen-bond donors (Lipinski definition) is 2. The van der Waals surface area contributed by atoms with Gasteiger partial charge in [0.15, 0.2) is 0 Å². The van der Waals surface area contributed by atoms with Gasteiger partial charge in [0.2, 0.25) is 0 Å².